The number of nitrogens with one attached hydrogen (secondary N) is 1. The van der Waals surface area contributed by atoms with Crippen LogP contribution in [0.2, 0.25) is 0 Å². The second-order valence-electron chi connectivity index (χ2n) is 21.4. The van der Waals surface area contributed by atoms with Crippen LogP contribution in [-0.4, -0.2) is 47.4 Å². The van der Waals surface area contributed by atoms with Crippen molar-refractivity contribution >= 4 is 11.9 Å². The highest BCUT2D eigenvalue weighted by Crippen LogP contribution is 2.17. The fourth-order valence-corrected chi connectivity index (χ4v) is 9.48. The topological polar surface area (TPSA) is 95.9 Å². The molecule has 6 heteroatoms. The predicted molar refractivity (Wildman–Crippen MR) is 310 cm³/mol. The Balaban J connectivity index is 3.53. The minimum atomic E-state index is -0.857. The molecule has 0 radical (unpaired) electrons. The Hall–Kier alpha value is -2.18. The first kappa shape index (κ1) is 68.8. The molecule has 0 heterocycles. The standard InChI is InChI=1S/C65H121NO5/c1-3-5-7-9-11-13-15-17-19-20-21-22-23-24-26-30-33-37-41-45-49-53-57-63(68)62(61-67)66-64(69)58-54-50-46-42-38-34-31-27-25-28-32-36-40-44-48-52-56-60-71-65(70)59-55-51-47-43-39-35-29-18-16-14-12-10-8-6-4-2/h18,25,28-29,36,40,53,57,62-63,67-68H,3-17,19-24,26-27,30-35,37-39,41-52,54-56,58-61H2,1-2H3,(H,66,69)/b28-25-,29-18-,40-36-,57-53+. The molecule has 71 heavy (non-hydrogen) atoms. The van der Waals surface area contributed by atoms with Crippen LogP contribution in [0, 0.1) is 0 Å². The number of unbranched alkanes of at least 4 members (excludes halogenated alkanes) is 41. The summed E-state index contributed by atoms with van der Waals surface area (Å²) in [7, 11) is 0. The fraction of sp³-hybridized carbons (Fsp3) is 0.846. The van der Waals surface area contributed by atoms with Crippen molar-refractivity contribution in [3.05, 3.63) is 48.6 Å². The summed E-state index contributed by atoms with van der Waals surface area (Å²) in [4.78, 5) is 24.5. The van der Waals surface area contributed by atoms with Crippen LogP contribution in [0.4, 0.5) is 0 Å². The van der Waals surface area contributed by atoms with E-state index in [1.807, 2.05) is 6.08 Å². The fourth-order valence-electron chi connectivity index (χ4n) is 9.48. The van der Waals surface area contributed by atoms with E-state index >= 15 is 0 Å². The molecule has 0 saturated heterocycles. The predicted octanol–water partition coefficient (Wildman–Crippen LogP) is 19.7. The number of allylic oxidation sites excluding steroid dienone is 7. The molecule has 416 valence electrons. The summed E-state index contributed by atoms with van der Waals surface area (Å²) < 4.78 is 5.45. The van der Waals surface area contributed by atoms with Crippen LogP contribution >= 0.6 is 0 Å². The first-order valence-corrected chi connectivity index (χ1v) is 31.4. The number of amides is 1. The van der Waals surface area contributed by atoms with E-state index in [1.54, 1.807) is 6.08 Å². The second kappa shape index (κ2) is 60.4. The summed E-state index contributed by atoms with van der Waals surface area (Å²) >= 11 is 0. The smallest absolute Gasteiger partial charge is 0.305 e. The van der Waals surface area contributed by atoms with Crippen LogP contribution in [0.25, 0.3) is 0 Å². The Morgan fingerprint density at radius 3 is 1.08 bits per heavy atom. The first-order chi connectivity index (χ1) is 35.0. The summed E-state index contributed by atoms with van der Waals surface area (Å²) in [5, 5.41) is 23.2. The van der Waals surface area contributed by atoms with Crippen molar-refractivity contribution in [2.24, 2.45) is 0 Å². The van der Waals surface area contributed by atoms with Crippen molar-refractivity contribution in [2.45, 2.75) is 341 Å². The molecule has 0 fully saturated rings. The molecule has 1 amide bonds. The Kier molecular flexibility index (Phi) is 58.5. The summed E-state index contributed by atoms with van der Waals surface area (Å²) in [6.07, 6.45) is 77.2. The quantitative estimate of drug-likeness (QED) is 0.0321. The normalized spacial score (nSPS) is 12.9. The highest BCUT2D eigenvalue weighted by Gasteiger charge is 2.18. The van der Waals surface area contributed by atoms with Crippen molar-refractivity contribution in [3.63, 3.8) is 0 Å². The molecule has 0 rings (SSSR count). The zero-order valence-electron chi connectivity index (χ0n) is 47.5. The van der Waals surface area contributed by atoms with Gasteiger partial charge in [0.05, 0.1) is 25.4 Å². The van der Waals surface area contributed by atoms with E-state index in [-0.39, 0.29) is 18.5 Å². The number of carbonyl (C=O) groups is 2. The monoisotopic (exact) mass is 996 g/mol. The van der Waals surface area contributed by atoms with E-state index in [1.165, 1.54) is 218 Å². The number of rotatable bonds is 58. The molecular formula is C65H121NO5. The molecule has 2 unspecified atom stereocenters. The van der Waals surface area contributed by atoms with Crippen molar-refractivity contribution in [1.82, 2.24) is 5.32 Å². The SMILES string of the molecule is CCCCCCCC/C=C\CCCCCCCC(=O)OCCCCC/C=C\C/C=C\CCCCCCCCCC(=O)NC(CO)C(O)/C=C/CCCCCCCCCCCCCCCCCCCCCC. The molecule has 0 aromatic carbocycles. The van der Waals surface area contributed by atoms with Gasteiger partial charge in [0, 0.05) is 12.8 Å². The lowest BCUT2D eigenvalue weighted by molar-refractivity contribution is -0.143. The summed E-state index contributed by atoms with van der Waals surface area (Å²) in [6, 6.07) is -0.642. The number of ether oxygens (including phenoxy) is 1. The van der Waals surface area contributed by atoms with Crippen LogP contribution in [-0.2, 0) is 14.3 Å². The van der Waals surface area contributed by atoms with Gasteiger partial charge in [0.2, 0.25) is 5.91 Å². The third-order valence-corrected chi connectivity index (χ3v) is 14.3. The minimum Gasteiger partial charge on any atom is -0.466 e. The first-order valence-electron chi connectivity index (χ1n) is 31.4. The van der Waals surface area contributed by atoms with Gasteiger partial charge in [-0.3, -0.25) is 9.59 Å². The molecule has 0 aromatic rings. The van der Waals surface area contributed by atoms with Crippen LogP contribution < -0.4 is 5.32 Å². The highest BCUT2D eigenvalue weighted by molar-refractivity contribution is 5.76. The molecule has 0 spiro atoms. The number of carbonyl (C=O) groups excluding carboxylic acids is 2. The van der Waals surface area contributed by atoms with Gasteiger partial charge in [-0.05, 0) is 96.3 Å². The van der Waals surface area contributed by atoms with E-state index in [0.29, 0.717) is 19.4 Å². The highest BCUT2D eigenvalue weighted by atomic mass is 16.5. The maximum absolute atomic E-state index is 12.5. The number of aliphatic hydroxyl groups is 2. The van der Waals surface area contributed by atoms with Crippen LogP contribution in [0.5, 0.6) is 0 Å². The molecule has 0 aliphatic rings. The summed E-state index contributed by atoms with van der Waals surface area (Å²) in [5.74, 6) is -0.107. The second-order valence-corrected chi connectivity index (χ2v) is 21.4. The van der Waals surface area contributed by atoms with Crippen molar-refractivity contribution < 1.29 is 24.5 Å². The largest absolute Gasteiger partial charge is 0.466 e. The molecule has 0 aliphatic carbocycles. The Morgan fingerprint density at radius 1 is 0.394 bits per heavy atom. The maximum Gasteiger partial charge on any atom is 0.305 e. The van der Waals surface area contributed by atoms with Crippen molar-refractivity contribution in [3.8, 4) is 0 Å². The number of esters is 1. The Bertz CT molecular complexity index is 1190. The Morgan fingerprint density at radius 2 is 0.704 bits per heavy atom. The summed E-state index contributed by atoms with van der Waals surface area (Å²) in [5.41, 5.74) is 0. The van der Waals surface area contributed by atoms with Crippen LogP contribution in [0.3, 0.4) is 0 Å². The van der Waals surface area contributed by atoms with E-state index < -0.39 is 12.1 Å². The van der Waals surface area contributed by atoms with Crippen molar-refractivity contribution in [2.75, 3.05) is 13.2 Å². The third kappa shape index (κ3) is 57.0. The lowest BCUT2D eigenvalue weighted by Crippen LogP contribution is -2.45. The van der Waals surface area contributed by atoms with Gasteiger partial charge < -0.3 is 20.3 Å². The van der Waals surface area contributed by atoms with E-state index in [0.717, 1.165) is 83.5 Å². The zero-order chi connectivity index (χ0) is 51.4. The van der Waals surface area contributed by atoms with Crippen LogP contribution in [0.15, 0.2) is 48.6 Å². The van der Waals surface area contributed by atoms with Gasteiger partial charge in [-0.25, -0.2) is 0 Å². The van der Waals surface area contributed by atoms with Gasteiger partial charge in [0.25, 0.3) is 0 Å². The molecule has 3 N–H and O–H groups in total. The molecule has 0 bridgehead atoms. The number of hydrogen-bond acceptors (Lipinski definition) is 5. The van der Waals surface area contributed by atoms with E-state index in [9.17, 15) is 19.8 Å². The molecule has 6 nitrogen and oxygen atoms in total. The average Bonchev–Trinajstić information content (AvgIpc) is 3.37. The third-order valence-electron chi connectivity index (χ3n) is 14.3. The van der Waals surface area contributed by atoms with Crippen LogP contribution in [0.1, 0.15) is 328 Å². The summed E-state index contributed by atoms with van der Waals surface area (Å²) in [6.45, 7) is 4.86. The molecule has 0 aromatic heterocycles. The van der Waals surface area contributed by atoms with Gasteiger partial charge in [0.1, 0.15) is 0 Å². The lowest BCUT2D eigenvalue weighted by Gasteiger charge is -2.20. The number of aliphatic hydroxyl groups excluding tert-OH is 2. The molecule has 2 atom stereocenters. The van der Waals surface area contributed by atoms with Gasteiger partial charge in [-0.1, -0.05) is 268 Å². The van der Waals surface area contributed by atoms with E-state index in [2.05, 4.69) is 55.6 Å². The van der Waals surface area contributed by atoms with Gasteiger partial charge in [0.15, 0.2) is 0 Å². The lowest BCUT2D eigenvalue weighted by atomic mass is 10.0. The Labute approximate surface area is 442 Å². The van der Waals surface area contributed by atoms with Crippen molar-refractivity contribution in [1.29, 1.82) is 0 Å². The van der Waals surface area contributed by atoms with Gasteiger partial charge >= 0.3 is 5.97 Å². The van der Waals surface area contributed by atoms with E-state index in [4.69, 9.17) is 4.74 Å². The average molecular weight is 997 g/mol. The maximum atomic E-state index is 12.5. The number of hydrogen-bond donors (Lipinski definition) is 3. The molecule has 0 saturated carbocycles. The molecular weight excluding hydrogens is 875 g/mol. The van der Waals surface area contributed by atoms with Gasteiger partial charge in [-0.15, -0.1) is 0 Å². The zero-order valence-corrected chi connectivity index (χ0v) is 47.5. The molecule has 0 aliphatic heterocycles. The van der Waals surface area contributed by atoms with Gasteiger partial charge in [-0.2, -0.15) is 0 Å². The minimum absolute atomic E-state index is 0.0243.